The summed E-state index contributed by atoms with van der Waals surface area (Å²) in [5.74, 6) is -1.69. The van der Waals surface area contributed by atoms with Crippen molar-refractivity contribution in [3.8, 4) is 0 Å². The van der Waals surface area contributed by atoms with Crippen LogP contribution in [-0.2, 0) is 19.6 Å². The molecule has 37 heavy (non-hydrogen) atoms. The summed E-state index contributed by atoms with van der Waals surface area (Å²) in [7, 11) is -4.24. The molecule has 0 bridgehead atoms. The van der Waals surface area contributed by atoms with Gasteiger partial charge in [-0.3, -0.25) is 9.79 Å². The zero-order valence-electron chi connectivity index (χ0n) is 20.5. The number of nitrogens with zero attached hydrogens (tertiary/aromatic N) is 2. The van der Waals surface area contributed by atoms with Crippen LogP contribution in [0.5, 0.6) is 0 Å². The number of fused-ring (bicyclic) bond motifs is 3. The van der Waals surface area contributed by atoms with E-state index < -0.39 is 34.0 Å². The Bertz CT molecular complexity index is 1450. The molecule has 1 aromatic heterocycles. The quantitative estimate of drug-likeness (QED) is 0.184. The van der Waals surface area contributed by atoms with Crippen LogP contribution in [0, 0.1) is 5.92 Å². The minimum atomic E-state index is -4.24. The third kappa shape index (κ3) is 5.70. The van der Waals surface area contributed by atoms with E-state index >= 15 is 0 Å². The largest absolute Gasteiger partial charge is 0.480 e. The molecule has 2 heterocycles. The molecule has 0 aliphatic carbocycles. The molecule has 2 aromatic carbocycles. The average molecular weight is 530 g/mol. The van der Waals surface area contributed by atoms with Crippen molar-refractivity contribution in [1.29, 1.82) is 0 Å². The van der Waals surface area contributed by atoms with Crippen LogP contribution in [0.1, 0.15) is 32.6 Å². The van der Waals surface area contributed by atoms with Crippen molar-refractivity contribution in [2.75, 3.05) is 13.1 Å². The van der Waals surface area contributed by atoms with Gasteiger partial charge >= 0.3 is 5.97 Å². The van der Waals surface area contributed by atoms with Gasteiger partial charge in [0.05, 0.1) is 0 Å². The molecule has 12 heteroatoms. The van der Waals surface area contributed by atoms with Gasteiger partial charge in [0.2, 0.25) is 15.9 Å². The van der Waals surface area contributed by atoms with Crippen molar-refractivity contribution in [2.45, 2.75) is 49.6 Å². The maximum atomic E-state index is 13.6. The number of nitrogens with one attached hydrogen (secondary N) is 1. The fourth-order valence-electron chi connectivity index (χ4n) is 4.76. The van der Waals surface area contributed by atoms with E-state index in [0.717, 1.165) is 5.39 Å². The predicted molar refractivity (Wildman–Crippen MR) is 139 cm³/mol. The molecular weight excluding hydrogens is 498 g/mol. The van der Waals surface area contributed by atoms with Crippen molar-refractivity contribution in [1.82, 2.24) is 9.62 Å². The van der Waals surface area contributed by atoms with Crippen LogP contribution < -0.4 is 16.2 Å². The summed E-state index contributed by atoms with van der Waals surface area (Å²) in [5, 5.41) is 11.1. The lowest BCUT2D eigenvalue weighted by Crippen LogP contribution is -2.56. The number of benzene rings is 2. The number of amides is 1. The van der Waals surface area contributed by atoms with Crippen molar-refractivity contribution in [3.63, 3.8) is 0 Å². The second-order valence-corrected chi connectivity index (χ2v) is 11.1. The van der Waals surface area contributed by atoms with Crippen LogP contribution in [-0.4, -0.2) is 61.4 Å². The van der Waals surface area contributed by atoms with E-state index in [1.54, 1.807) is 24.3 Å². The number of furan rings is 1. The lowest BCUT2D eigenvalue weighted by atomic mass is 9.91. The van der Waals surface area contributed by atoms with Gasteiger partial charge in [0.15, 0.2) is 11.5 Å². The first-order valence-electron chi connectivity index (χ1n) is 12.1. The number of hydrogen-bond acceptors (Lipinski definition) is 6. The van der Waals surface area contributed by atoms with Gasteiger partial charge in [-0.15, -0.1) is 0 Å². The third-order valence-corrected chi connectivity index (χ3v) is 8.13. The molecule has 1 aliphatic heterocycles. The number of hydrogen-bond donors (Lipinski definition) is 4. The van der Waals surface area contributed by atoms with E-state index in [9.17, 15) is 23.1 Å². The Kier molecular flexibility index (Phi) is 7.69. The number of carbonyl (C=O) groups excluding carboxylic acids is 1. The van der Waals surface area contributed by atoms with Crippen LogP contribution in [0.2, 0.25) is 0 Å². The first-order valence-corrected chi connectivity index (χ1v) is 13.6. The van der Waals surface area contributed by atoms with Gasteiger partial charge in [0.1, 0.15) is 22.6 Å². The highest BCUT2D eigenvalue weighted by molar-refractivity contribution is 7.89. The van der Waals surface area contributed by atoms with Gasteiger partial charge in [-0.25, -0.2) is 13.2 Å². The zero-order valence-corrected chi connectivity index (χ0v) is 21.3. The lowest BCUT2D eigenvalue weighted by molar-refractivity contribution is -0.153. The summed E-state index contributed by atoms with van der Waals surface area (Å²) < 4.78 is 35.6. The molecular formula is C25H31N5O6S. The Labute approximate surface area is 214 Å². The Morgan fingerprint density at radius 1 is 1.19 bits per heavy atom. The summed E-state index contributed by atoms with van der Waals surface area (Å²) in [5.41, 5.74) is 11.5. The van der Waals surface area contributed by atoms with Crippen molar-refractivity contribution in [3.05, 3.63) is 42.5 Å². The minimum absolute atomic E-state index is 0.0728. The Balaban J connectivity index is 1.67. The standard InChI is InChI=1S/C25H31N5O6S/c1-15-11-13-30(19(14-15)24(32)33)23(31)18(8-5-12-28-25(26)27)29-37(34,35)21-10-4-7-17-16-6-2-3-9-20(16)36-22(17)21/h2-4,6-7,9-10,15,18-19,29H,5,8,11-14H2,1H3,(H,32,33)(H4,26,27,28). The maximum Gasteiger partial charge on any atom is 0.326 e. The van der Waals surface area contributed by atoms with Crippen LogP contribution in [0.3, 0.4) is 0 Å². The van der Waals surface area contributed by atoms with Crippen LogP contribution in [0.4, 0.5) is 0 Å². The molecule has 1 aliphatic rings. The minimum Gasteiger partial charge on any atom is -0.480 e. The maximum absolute atomic E-state index is 13.6. The van der Waals surface area contributed by atoms with Gasteiger partial charge in [-0.2, -0.15) is 4.72 Å². The van der Waals surface area contributed by atoms with Gasteiger partial charge < -0.3 is 25.9 Å². The third-order valence-electron chi connectivity index (χ3n) is 6.63. The Morgan fingerprint density at radius 2 is 1.92 bits per heavy atom. The molecule has 11 nitrogen and oxygen atoms in total. The van der Waals surface area contributed by atoms with Crippen LogP contribution in [0.15, 0.2) is 56.8 Å². The second-order valence-electron chi connectivity index (χ2n) is 9.37. The first kappa shape index (κ1) is 26.4. The number of piperidine rings is 1. The lowest BCUT2D eigenvalue weighted by Gasteiger charge is -2.38. The highest BCUT2D eigenvalue weighted by atomic mass is 32.2. The molecule has 1 amide bonds. The number of sulfonamides is 1. The number of carboxylic acids is 1. The summed E-state index contributed by atoms with van der Waals surface area (Å²) in [6, 6.07) is 9.76. The molecule has 3 aromatic rings. The van der Waals surface area contributed by atoms with Crippen molar-refractivity contribution in [2.24, 2.45) is 22.4 Å². The van der Waals surface area contributed by atoms with E-state index in [1.165, 1.54) is 11.0 Å². The van der Waals surface area contributed by atoms with Gasteiger partial charge in [0, 0.05) is 23.9 Å². The van der Waals surface area contributed by atoms with Crippen LogP contribution in [0.25, 0.3) is 21.9 Å². The molecule has 0 radical (unpaired) electrons. The summed E-state index contributed by atoms with van der Waals surface area (Å²) in [4.78, 5) is 30.6. The molecule has 6 N–H and O–H groups in total. The zero-order chi connectivity index (χ0) is 26.7. The van der Waals surface area contributed by atoms with Gasteiger partial charge in [-0.05, 0) is 43.7 Å². The smallest absolute Gasteiger partial charge is 0.326 e. The molecule has 4 rings (SSSR count). The average Bonchev–Trinajstić information content (AvgIpc) is 3.24. The number of likely N-dealkylation sites (tertiary alicyclic amines) is 1. The predicted octanol–water partition coefficient (Wildman–Crippen LogP) is 2.00. The number of aliphatic imine (C=N–C) groups is 1. The number of aliphatic carboxylic acids is 1. The number of rotatable bonds is 9. The van der Waals surface area contributed by atoms with E-state index in [2.05, 4.69) is 9.71 Å². The van der Waals surface area contributed by atoms with E-state index in [1.807, 2.05) is 19.1 Å². The molecule has 3 atom stereocenters. The normalized spacial score (nSPS) is 19.1. The highest BCUT2D eigenvalue weighted by Gasteiger charge is 2.39. The van der Waals surface area contributed by atoms with E-state index in [-0.39, 0.29) is 41.9 Å². The number of nitrogens with two attached hydrogens (primary N) is 2. The molecule has 198 valence electrons. The topological polar surface area (TPSA) is 181 Å². The number of carbonyl (C=O) groups is 2. The van der Waals surface area contributed by atoms with Gasteiger partial charge in [0.25, 0.3) is 0 Å². The number of guanidine groups is 1. The fraction of sp³-hybridized carbons (Fsp3) is 0.400. The molecule has 1 saturated heterocycles. The second kappa shape index (κ2) is 10.8. The van der Waals surface area contributed by atoms with E-state index in [4.69, 9.17) is 15.9 Å². The van der Waals surface area contributed by atoms with Crippen LogP contribution >= 0.6 is 0 Å². The summed E-state index contributed by atoms with van der Waals surface area (Å²) in [6.07, 6.45) is 1.30. The summed E-state index contributed by atoms with van der Waals surface area (Å²) >= 11 is 0. The monoisotopic (exact) mass is 529 g/mol. The number of carboxylic acid groups (broad SMARTS) is 1. The van der Waals surface area contributed by atoms with Gasteiger partial charge in [-0.1, -0.05) is 37.3 Å². The SMILES string of the molecule is CC1CCN(C(=O)C(CCCN=C(N)N)NS(=O)(=O)c2cccc3c2oc2ccccc23)C(C(=O)O)C1. The first-order chi connectivity index (χ1) is 17.6. The Hall–Kier alpha value is -3.64. The van der Waals surface area contributed by atoms with Crippen molar-refractivity contribution < 1.29 is 27.5 Å². The number of para-hydroxylation sites is 2. The molecule has 0 saturated carbocycles. The molecule has 3 unspecified atom stereocenters. The summed E-state index contributed by atoms with van der Waals surface area (Å²) in [6.45, 7) is 2.34. The molecule has 0 spiro atoms. The highest BCUT2D eigenvalue weighted by Crippen LogP contribution is 2.33. The van der Waals surface area contributed by atoms with Crippen molar-refractivity contribution >= 4 is 49.8 Å². The fourth-order valence-corrected chi connectivity index (χ4v) is 6.13. The Morgan fingerprint density at radius 3 is 2.65 bits per heavy atom. The molecule has 1 fully saturated rings. The van der Waals surface area contributed by atoms with E-state index in [0.29, 0.717) is 30.2 Å².